The first-order valence-electron chi connectivity index (χ1n) is 11.3. The Morgan fingerprint density at radius 3 is 2.28 bits per heavy atom. The maximum Gasteiger partial charge on any atom is 0.0239 e. The van der Waals surface area contributed by atoms with Crippen molar-refractivity contribution in [1.29, 1.82) is 0 Å². The molecule has 0 aromatic rings. The van der Waals surface area contributed by atoms with E-state index in [0.717, 1.165) is 30.0 Å². The number of nitrogens with one attached hydrogen (secondary N) is 3. The zero-order chi connectivity index (χ0) is 16.7. The molecule has 5 saturated heterocycles. The molecule has 2 aliphatic carbocycles. The molecule has 7 aliphatic rings. The standard InChI is InChI=1S/C22H37N3/c1-20(9-17-3-2-4-18(10-20)25-17)22-8-5-15(13-24-22)19(12-22)21-7-6-16(11-21)23-14-21/h15-19,23-25H,2-14H2,1H3. The zero-order valence-corrected chi connectivity index (χ0v) is 16.1. The maximum atomic E-state index is 4.19. The number of rotatable bonds is 2. The highest BCUT2D eigenvalue weighted by Gasteiger charge is 2.62. The van der Waals surface area contributed by atoms with Crippen LogP contribution in [0.4, 0.5) is 0 Å². The molecule has 6 bridgehead atoms. The van der Waals surface area contributed by atoms with Gasteiger partial charge in [-0.1, -0.05) is 13.3 Å². The van der Waals surface area contributed by atoms with Gasteiger partial charge in [0.05, 0.1) is 0 Å². The molecule has 0 radical (unpaired) electrons. The van der Waals surface area contributed by atoms with E-state index in [-0.39, 0.29) is 0 Å². The van der Waals surface area contributed by atoms with E-state index in [1.165, 1.54) is 83.7 Å². The van der Waals surface area contributed by atoms with Gasteiger partial charge in [0, 0.05) is 30.2 Å². The van der Waals surface area contributed by atoms with Crippen molar-refractivity contribution in [2.24, 2.45) is 22.7 Å². The second kappa shape index (κ2) is 5.23. The van der Waals surface area contributed by atoms with E-state index < -0.39 is 0 Å². The summed E-state index contributed by atoms with van der Waals surface area (Å²) in [6, 6.07) is 2.46. The minimum absolute atomic E-state index is 0.442. The molecule has 0 amide bonds. The van der Waals surface area contributed by atoms with Crippen LogP contribution in [0.3, 0.4) is 0 Å². The normalized spacial score (nSPS) is 60.1. The van der Waals surface area contributed by atoms with Gasteiger partial charge >= 0.3 is 0 Å². The third kappa shape index (κ3) is 2.15. The van der Waals surface area contributed by atoms with Gasteiger partial charge < -0.3 is 16.0 Å². The summed E-state index contributed by atoms with van der Waals surface area (Å²) in [5.41, 5.74) is 1.62. The summed E-state index contributed by atoms with van der Waals surface area (Å²) in [5, 5.41) is 12.0. The van der Waals surface area contributed by atoms with Crippen molar-refractivity contribution in [3.8, 4) is 0 Å². The summed E-state index contributed by atoms with van der Waals surface area (Å²) in [6.45, 7) is 5.32. The van der Waals surface area contributed by atoms with E-state index in [4.69, 9.17) is 0 Å². The van der Waals surface area contributed by atoms with Crippen LogP contribution < -0.4 is 16.0 Å². The molecule has 7 fully saturated rings. The molecule has 3 nitrogen and oxygen atoms in total. The van der Waals surface area contributed by atoms with Crippen molar-refractivity contribution in [2.45, 2.75) is 101 Å². The largest absolute Gasteiger partial charge is 0.313 e. The number of piperidine rings is 5. The van der Waals surface area contributed by atoms with E-state index in [2.05, 4.69) is 22.9 Å². The number of fused-ring (bicyclic) bond motifs is 8. The van der Waals surface area contributed by atoms with Crippen LogP contribution in [0.5, 0.6) is 0 Å². The number of hydrogen-bond donors (Lipinski definition) is 3. The summed E-state index contributed by atoms with van der Waals surface area (Å²) in [7, 11) is 0. The highest BCUT2D eigenvalue weighted by molar-refractivity contribution is 5.18. The fourth-order valence-electron chi connectivity index (χ4n) is 8.79. The molecular weight excluding hydrogens is 306 g/mol. The molecule has 2 saturated carbocycles. The van der Waals surface area contributed by atoms with Crippen molar-refractivity contribution < 1.29 is 0 Å². The molecular formula is C22H37N3. The maximum absolute atomic E-state index is 4.19. The van der Waals surface area contributed by atoms with Gasteiger partial charge in [-0.25, -0.2) is 0 Å². The Morgan fingerprint density at radius 2 is 1.68 bits per heavy atom. The third-order valence-corrected chi connectivity index (χ3v) is 10.1. The summed E-state index contributed by atoms with van der Waals surface area (Å²) in [5.74, 6) is 1.96. The molecule has 5 aliphatic heterocycles. The Balaban J connectivity index is 1.31. The van der Waals surface area contributed by atoms with Crippen LogP contribution in [-0.2, 0) is 0 Å². The second-order valence-corrected chi connectivity index (χ2v) is 11.2. The van der Waals surface area contributed by atoms with E-state index in [1.54, 1.807) is 0 Å². The average Bonchev–Trinajstić information content (AvgIpc) is 3.24. The number of hydrogen-bond acceptors (Lipinski definition) is 3. The summed E-state index contributed by atoms with van der Waals surface area (Å²) >= 11 is 0. The van der Waals surface area contributed by atoms with Crippen LogP contribution >= 0.6 is 0 Å². The lowest BCUT2D eigenvalue weighted by atomic mass is 9.48. The molecule has 7 unspecified atom stereocenters. The van der Waals surface area contributed by atoms with Gasteiger partial charge in [-0.3, -0.25) is 0 Å². The van der Waals surface area contributed by atoms with Crippen LogP contribution in [0.25, 0.3) is 0 Å². The quantitative estimate of drug-likeness (QED) is 0.721. The van der Waals surface area contributed by atoms with Gasteiger partial charge in [0.25, 0.3) is 0 Å². The van der Waals surface area contributed by atoms with Crippen LogP contribution in [0.1, 0.15) is 77.6 Å². The second-order valence-electron chi connectivity index (χ2n) is 11.2. The average molecular weight is 344 g/mol. The van der Waals surface area contributed by atoms with E-state index in [0.29, 0.717) is 16.4 Å². The first-order chi connectivity index (χ1) is 12.1. The fourth-order valence-corrected chi connectivity index (χ4v) is 8.79. The molecule has 25 heavy (non-hydrogen) atoms. The fraction of sp³-hybridized carbons (Fsp3) is 1.00. The van der Waals surface area contributed by atoms with Crippen LogP contribution in [-0.4, -0.2) is 36.8 Å². The minimum atomic E-state index is 0.442. The summed E-state index contributed by atoms with van der Waals surface area (Å²) < 4.78 is 0. The van der Waals surface area contributed by atoms with E-state index in [9.17, 15) is 0 Å². The molecule has 0 aromatic heterocycles. The lowest BCUT2D eigenvalue weighted by Crippen LogP contribution is -2.71. The van der Waals surface area contributed by atoms with Gasteiger partial charge in [0.15, 0.2) is 0 Å². The van der Waals surface area contributed by atoms with E-state index in [1.807, 2.05) is 0 Å². The van der Waals surface area contributed by atoms with Crippen molar-refractivity contribution in [3.63, 3.8) is 0 Å². The van der Waals surface area contributed by atoms with E-state index >= 15 is 0 Å². The van der Waals surface area contributed by atoms with Crippen molar-refractivity contribution >= 4 is 0 Å². The Bertz CT molecular complexity index is 529. The zero-order valence-electron chi connectivity index (χ0n) is 16.1. The minimum Gasteiger partial charge on any atom is -0.313 e. The molecule has 0 spiro atoms. The Morgan fingerprint density at radius 1 is 0.840 bits per heavy atom. The molecule has 7 rings (SSSR count). The predicted octanol–water partition coefficient (Wildman–Crippen LogP) is 3.20. The molecule has 7 atom stereocenters. The lowest BCUT2D eigenvalue weighted by Gasteiger charge is -2.65. The molecule has 0 aromatic carbocycles. The first-order valence-corrected chi connectivity index (χ1v) is 11.3. The molecule has 3 heteroatoms. The molecule has 3 N–H and O–H groups in total. The smallest absolute Gasteiger partial charge is 0.0239 e. The van der Waals surface area contributed by atoms with Crippen LogP contribution in [0, 0.1) is 22.7 Å². The van der Waals surface area contributed by atoms with Gasteiger partial charge in [0.1, 0.15) is 0 Å². The molecule has 140 valence electrons. The lowest BCUT2D eigenvalue weighted by molar-refractivity contribution is -0.0950. The Labute approximate surface area is 153 Å². The Hall–Kier alpha value is -0.120. The highest BCUT2D eigenvalue weighted by atomic mass is 15.1. The first kappa shape index (κ1) is 15.9. The van der Waals surface area contributed by atoms with Gasteiger partial charge in [-0.05, 0) is 93.4 Å². The van der Waals surface area contributed by atoms with Crippen LogP contribution in [0.2, 0.25) is 0 Å². The van der Waals surface area contributed by atoms with Gasteiger partial charge in [-0.2, -0.15) is 0 Å². The third-order valence-electron chi connectivity index (χ3n) is 10.1. The monoisotopic (exact) mass is 343 g/mol. The van der Waals surface area contributed by atoms with Crippen molar-refractivity contribution in [2.75, 3.05) is 13.1 Å². The predicted molar refractivity (Wildman–Crippen MR) is 102 cm³/mol. The van der Waals surface area contributed by atoms with Crippen LogP contribution in [0.15, 0.2) is 0 Å². The van der Waals surface area contributed by atoms with Crippen molar-refractivity contribution in [1.82, 2.24) is 16.0 Å². The van der Waals surface area contributed by atoms with Crippen molar-refractivity contribution in [3.05, 3.63) is 0 Å². The molecule has 5 heterocycles. The SMILES string of the molecule is CC1(C23CCC(CN2)C(C24CCC(C2)NC4)C3)CC2CCCC(C1)N2. The van der Waals surface area contributed by atoms with Gasteiger partial charge in [0.2, 0.25) is 0 Å². The summed E-state index contributed by atoms with van der Waals surface area (Å²) in [6.07, 6.45) is 16.0. The van der Waals surface area contributed by atoms with Gasteiger partial charge in [-0.15, -0.1) is 0 Å². The summed E-state index contributed by atoms with van der Waals surface area (Å²) in [4.78, 5) is 0. The highest BCUT2D eigenvalue weighted by Crippen LogP contribution is 2.62. The Kier molecular flexibility index (Phi) is 3.33. The topological polar surface area (TPSA) is 36.1 Å².